The fourth-order valence-corrected chi connectivity index (χ4v) is 1.55. The molecule has 7 heteroatoms. The van der Waals surface area contributed by atoms with Crippen LogP contribution in [0.2, 0.25) is 0 Å². The first-order valence-corrected chi connectivity index (χ1v) is 5.83. The highest BCUT2D eigenvalue weighted by molar-refractivity contribution is 6.04. The first kappa shape index (κ1) is 13.6. The van der Waals surface area contributed by atoms with Crippen molar-refractivity contribution in [1.29, 1.82) is 0 Å². The van der Waals surface area contributed by atoms with Crippen LogP contribution in [0.5, 0.6) is 0 Å². The average Bonchev–Trinajstić information content (AvgIpc) is 2.87. The minimum atomic E-state index is -0.544. The van der Waals surface area contributed by atoms with Crippen LogP contribution < -0.4 is 10.6 Å². The molecule has 20 heavy (non-hydrogen) atoms. The zero-order valence-corrected chi connectivity index (χ0v) is 11.1. The number of nitrogens with zero attached hydrogens (tertiary/aromatic N) is 2. The standard InChI is InChI=1S/C13H14N4O3/c1-17-8-9(7-14-17)12(18)15-10-3-5-11(6-4-10)16-13(19)20-2/h3-8H,1-2H3,(H,15,18)(H,16,19). The lowest BCUT2D eigenvalue weighted by Gasteiger charge is -2.06. The molecule has 2 rings (SSSR count). The summed E-state index contributed by atoms with van der Waals surface area (Å²) < 4.78 is 6.03. The molecule has 0 saturated heterocycles. The minimum Gasteiger partial charge on any atom is -0.453 e. The zero-order valence-electron chi connectivity index (χ0n) is 11.1. The summed E-state index contributed by atoms with van der Waals surface area (Å²) in [5, 5.41) is 9.18. The second kappa shape index (κ2) is 5.87. The van der Waals surface area contributed by atoms with Gasteiger partial charge in [0.05, 0.1) is 18.9 Å². The van der Waals surface area contributed by atoms with E-state index in [1.54, 1.807) is 42.2 Å². The lowest BCUT2D eigenvalue weighted by molar-refractivity contribution is 0.102. The summed E-state index contributed by atoms with van der Waals surface area (Å²) in [5.41, 5.74) is 1.68. The number of benzene rings is 1. The van der Waals surface area contributed by atoms with E-state index in [9.17, 15) is 9.59 Å². The van der Waals surface area contributed by atoms with Gasteiger partial charge in [-0.25, -0.2) is 4.79 Å². The summed E-state index contributed by atoms with van der Waals surface area (Å²) in [7, 11) is 3.03. The van der Waals surface area contributed by atoms with E-state index < -0.39 is 6.09 Å². The Labute approximate surface area is 115 Å². The van der Waals surface area contributed by atoms with E-state index in [0.717, 1.165) is 0 Å². The maximum Gasteiger partial charge on any atom is 0.411 e. The highest BCUT2D eigenvalue weighted by atomic mass is 16.5. The Bertz CT molecular complexity index is 619. The van der Waals surface area contributed by atoms with Gasteiger partial charge < -0.3 is 10.1 Å². The highest BCUT2D eigenvalue weighted by Gasteiger charge is 2.08. The third-order valence-corrected chi connectivity index (χ3v) is 2.54. The fraction of sp³-hybridized carbons (Fsp3) is 0.154. The molecule has 2 amide bonds. The molecule has 2 aromatic rings. The highest BCUT2D eigenvalue weighted by Crippen LogP contribution is 2.14. The van der Waals surface area contributed by atoms with Crippen LogP contribution in [0.1, 0.15) is 10.4 Å². The zero-order chi connectivity index (χ0) is 14.5. The first-order valence-electron chi connectivity index (χ1n) is 5.83. The second-order valence-electron chi connectivity index (χ2n) is 4.05. The first-order chi connectivity index (χ1) is 9.58. The van der Waals surface area contributed by atoms with Crippen LogP contribution in [0.4, 0.5) is 16.2 Å². The van der Waals surface area contributed by atoms with Crippen LogP contribution in [0.15, 0.2) is 36.7 Å². The van der Waals surface area contributed by atoms with E-state index in [1.165, 1.54) is 13.3 Å². The summed E-state index contributed by atoms with van der Waals surface area (Å²) in [4.78, 5) is 22.9. The van der Waals surface area contributed by atoms with Gasteiger partial charge in [-0.15, -0.1) is 0 Å². The van der Waals surface area contributed by atoms with Crippen molar-refractivity contribution < 1.29 is 14.3 Å². The molecule has 0 atom stereocenters. The third kappa shape index (κ3) is 3.35. The quantitative estimate of drug-likeness (QED) is 0.894. The van der Waals surface area contributed by atoms with E-state index in [2.05, 4.69) is 20.5 Å². The van der Waals surface area contributed by atoms with Gasteiger partial charge in [-0.05, 0) is 24.3 Å². The van der Waals surface area contributed by atoms with E-state index in [0.29, 0.717) is 16.9 Å². The van der Waals surface area contributed by atoms with E-state index >= 15 is 0 Å². The number of rotatable bonds is 3. The summed E-state index contributed by atoms with van der Waals surface area (Å²) in [5.74, 6) is -0.244. The molecule has 2 N–H and O–H groups in total. The largest absolute Gasteiger partial charge is 0.453 e. The number of nitrogens with one attached hydrogen (secondary N) is 2. The lowest BCUT2D eigenvalue weighted by atomic mass is 10.2. The molecule has 1 heterocycles. The van der Waals surface area contributed by atoms with E-state index in [4.69, 9.17) is 0 Å². The molecule has 104 valence electrons. The van der Waals surface area contributed by atoms with Gasteiger partial charge in [0.1, 0.15) is 0 Å². The van der Waals surface area contributed by atoms with Crippen LogP contribution in [0.3, 0.4) is 0 Å². The van der Waals surface area contributed by atoms with Crippen molar-refractivity contribution >= 4 is 23.4 Å². The predicted molar refractivity (Wildman–Crippen MR) is 73.6 cm³/mol. The molecule has 0 aliphatic carbocycles. The monoisotopic (exact) mass is 274 g/mol. The Kier molecular flexibility index (Phi) is 3.99. The predicted octanol–water partition coefficient (Wildman–Crippen LogP) is 1.85. The number of methoxy groups -OCH3 is 1. The van der Waals surface area contributed by atoms with Crippen molar-refractivity contribution in [3.63, 3.8) is 0 Å². The summed E-state index contributed by atoms with van der Waals surface area (Å²) >= 11 is 0. The fourth-order valence-electron chi connectivity index (χ4n) is 1.55. The Morgan fingerprint density at radius 2 is 1.75 bits per heavy atom. The van der Waals surface area contributed by atoms with Gasteiger partial charge in [0.2, 0.25) is 0 Å². The minimum absolute atomic E-state index is 0.244. The number of hydrogen-bond donors (Lipinski definition) is 2. The number of hydrogen-bond acceptors (Lipinski definition) is 4. The Balaban J connectivity index is 2.00. The number of anilines is 2. The van der Waals surface area contributed by atoms with Gasteiger partial charge in [0, 0.05) is 24.6 Å². The molecule has 0 spiro atoms. The van der Waals surface area contributed by atoms with Crippen LogP contribution in [0, 0.1) is 0 Å². The van der Waals surface area contributed by atoms with Crippen molar-refractivity contribution in [2.45, 2.75) is 0 Å². The van der Waals surface area contributed by atoms with Crippen molar-refractivity contribution in [3.8, 4) is 0 Å². The molecule has 0 unspecified atom stereocenters. The van der Waals surface area contributed by atoms with Crippen molar-refractivity contribution in [2.75, 3.05) is 17.7 Å². The van der Waals surface area contributed by atoms with Gasteiger partial charge in [0.25, 0.3) is 5.91 Å². The number of carbonyl (C=O) groups excluding carboxylic acids is 2. The van der Waals surface area contributed by atoms with Crippen molar-refractivity contribution in [3.05, 3.63) is 42.2 Å². The summed E-state index contributed by atoms with van der Waals surface area (Å²) in [6.07, 6.45) is 2.57. The SMILES string of the molecule is COC(=O)Nc1ccc(NC(=O)c2cnn(C)c2)cc1. The molecule has 0 saturated carbocycles. The Morgan fingerprint density at radius 3 is 2.25 bits per heavy atom. The molecule has 0 aliphatic heterocycles. The number of carbonyl (C=O) groups is 2. The average molecular weight is 274 g/mol. The Morgan fingerprint density at radius 1 is 1.15 bits per heavy atom. The van der Waals surface area contributed by atoms with Gasteiger partial charge in [-0.1, -0.05) is 0 Å². The number of ether oxygens (including phenoxy) is 1. The second-order valence-corrected chi connectivity index (χ2v) is 4.05. The molecule has 0 bridgehead atoms. The molecule has 0 fully saturated rings. The third-order valence-electron chi connectivity index (χ3n) is 2.54. The molecular weight excluding hydrogens is 260 g/mol. The maximum atomic E-state index is 11.9. The molecule has 0 radical (unpaired) electrons. The van der Waals surface area contributed by atoms with Gasteiger partial charge in [0.15, 0.2) is 0 Å². The normalized spacial score (nSPS) is 9.90. The number of amides is 2. The molecule has 7 nitrogen and oxygen atoms in total. The van der Waals surface area contributed by atoms with E-state index in [1.807, 2.05) is 0 Å². The van der Waals surface area contributed by atoms with Gasteiger partial charge in [-0.2, -0.15) is 5.10 Å². The number of aromatic nitrogens is 2. The van der Waals surface area contributed by atoms with Crippen LogP contribution in [0.25, 0.3) is 0 Å². The maximum absolute atomic E-state index is 11.9. The topological polar surface area (TPSA) is 85.2 Å². The van der Waals surface area contributed by atoms with Gasteiger partial charge in [-0.3, -0.25) is 14.8 Å². The molecule has 1 aromatic carbocycles. The van der Waals surface area contributed by atoms with Gasteiger partial charge >= 0.3 is 6.09 Å². The Hall–Kier alpha value is -2.83. The molecule has 1 aromatic heterocycles. The molecule has 0 aliphatic rings. The van der Waals surface area contributed by atoms with Crippen molar-refractivity contribution in [2.24, 2.45) is 7.05 Å². The van der Waals surface area contributed by atoms with E-state index in [-0.39, 0.29) is 5.91 Å². The summed E-state index contributed by atoms with van der Waals surface area (Å²) in [6, 6.07) is 6.69. The van der Waals surface area contributed by atoms with Crippen LogP contribution in [-0.4, -0.2) is 28.9 Å². The van der Waals surface area contributed by atoms with Crippen molar-refractivity contribution in [1.82, 2.24) is 9.78 Å². The smallest absolute Gasteiger partial charge is 0.411 e. The lowest BCUT2D eigenvalue weighted by Crippen LogP contribution is -2.12. The van der Waals surface area contributed by atoms with Crippen LogP contribution >= 0.6 is 0 Å². The van der Waals surface area contributed by atoms with Crippen LogP contribution in [-0.2, 0) is 11.8 Å². The summed E-state index contributed by atoms with van der Waals surface area (Å²) in [6.45, 7) is 0. The number of aryl methyl sites for hydroxylation is 1. The molecular formula is C13H14N4O3.